The molecule has 1 aromatic carbocycles. The van der Waals surface area contributed by atoms with Crippen molar-refractivity contribution in [2.75, 3.05) is 0 Å². The quantitative estimate of drug-likeness (QED) is 0.890. The van der Waals surface area contributed by atoms with E-state index in [1.54, 1.807) is 0 Å². The number of hydrogen-bond acceptors (Lipinski definition) is 2. The summed E-state index contributed by atoms with van der Waals surface area (Å²) in [5, 5.41) is 3.44. The Morgan fingerprint density at radius 3 is 2.74 bits per heavy atom. The van der Waals surface area contributed by atoms with E-state index in [1.165, 1.54) is 16.7 Å². The first-order chi connectivity index (χ1) is 9.11. The van der Waals surface area contributed by atoms with Gasteiger partial charge in [0.15, 0.2) is 0 Å². The van der Waals surface area contributed by atoms with Crippen LogP contribution in [-0.2, 0) is 13.1 Å². The van der Waals surface area contributed by atoms with E-state index >= 15 is 0 Å². The molecule has 0 atom stereocenters. The van der Waals surface area contributed by atoms with E-state index in [9.17, 15) is 0 Å². The van der Waals surface area contributed by atoms with E-state index in [1.807, 2.05) is 12.4 Å². The van der Waals surface area contributed by atoms with E-state index in [0.29, 0.717) is 6.04 Å². The highest BCUT2D eigenvalue weighted by Crippen LogP contribution is 2.23. The smallest absolute Gasteiger partial charge is 0.140 e. The van der Waals surface area contributed by atoms with Gasteiger partial charge in [-0.05, 0) is 25.0 Å². The Kier molecular flexibility index (Phi) is 4.38. The average molecular weight is 257 g/mol. The van der Waals surface area contributed by atoms with Crippen molar-refractivity contribution in [1.82, 2.24) is 14.9 Å². The van der Waals surface area contributed by atoms with Crippen LogP contribution in [0.5, 0.6) is 0 Å². The second kappa shape index (κ2) is 6.02. The van der Waals surface area contributed by atoms with Gasteiger partial charge in [0.2, 0.25) is 0 Å². The normalized spacial score (nSPS) is 11.2. The molecule has 0 aliphatic heterocycles. The first kappa shape index (κ1) is 13.8. The summed E-state index contributed by atoms with van der Waals surface area (Å²) in [6.45, 7) is 10.5. The van der Waals surface area contributed by atoms with E-state index in [4.69, 9.17) is 0 Å². The van der Waals surface area contributed by atoms with Crippen LogP contribution in [0.15, 0.2) is 30.6 Å². The summed E-state index contributed by atoms with van der Waals surface area (Å²) in [7, 11) is 0. The van der Waals surface area contributed by atoms with Crippen LogP contribution in [0.2, 0.25) is 0 Å². The Morgan fingerprint density at radius 2 is 2.11 bits per heavy atom. The summed E-state index contributed by atoms with van der Waals surface area (Å²) in [5.74, 6) is 1.06. The monoisotopic (exact) mass is 257 g/mol. The molecule has 0 aliphatic carbocycles. The molecule has 0 saturated carbocycles. The third kappa shape index (κ3) is 3.24. The maximum Gasteiger partial charge on any atom is 0.140 e. The van der Waals surface area contributed by atoms with Crippen LogP contribution in [0, 0.1) is 6.92 Å². The Bertz CT molecular complexity index is 541. The van der Waals surface area contributed by atoms with Crippen molar-refractivity contribution >= 4 is 0 Å². The van der Waals surface area contributed by atoms with Gasteiger partial charge in [-0.2, -0.15) is 0 Å². The summed E-state index contributed by atoms with van der Waals surface area (Å²) >= 11 is 0. The fourth-order valence-corrected chi connectivity index (χ4v) is 2.22. The van der Waals surface area contributed by atoms with Gasteiger partial charge in [-0.15, -0.1) is 0 Å². The lowest BCUT2D eigenvalue weighted by atomic mass is 10.0. The fourth-order valence-electron chi connectivity index (χ4n) is 2.22. The van der Waals surface area contributed by atoms with Crippen LogP contribution in [0.4, 0.5) is 0 Å². The van der Waals surface area contributed by atoms with Gasteiger partial charge in [-0.3, -0.25) is 0 Å². The van der Waals surface area contributed by atoms with E-state index in [-0.39, 0.29) is 0 Å². The molecule has 0 aliphatic rings. The van der Waals surface area contributed by atoms with Crippen LogP contribution in [0.1, 0.15) is 31.9 Å². The van der Waals surface area contributed by atoms with Gasteiger partial charge >= 0.3 is 0 Å². The lowest BCUT2D eigenvalue weighted by Gasteiger charge is -2.12. The van der Waals surface area contributed by atoms with E-state index < -0.39 is 0 Å². The molecule has 0 bridgehead atoms. The van der Waals surface area contributed by atoms with Crippen molar-refractivity contribution in [3.05, 3.63) is 41.7 Å². The summed E-state index contributed by atoms with van der Waals surface area (Å²) in [6, 6.07) is 7.13. The van der Waals surface area contributed by atoms with E-state index in [0.717, 1.165) is 18.9 Å². The van der Waals surface area contributed by atoms with Crippen LogP contribution in [-0.4, -0.2) is 15.6 Å². The highest BCUT2D eigenvalue weighted by Gasteiger charge is 2.08. The van der Waals surface area contributed by atoms with Crippen molar-refractivity contribution in [3.8, 4) is 11.4 Å². The molecule has 2 rings (SSSR count). The molecule has 3 heteroatoms. The summed E-state index contributed by atoms with van der Waals surface area (Å²) in [5.41, 5.74) is 3.83. The van der Waals surface area contributed by atoms with Gasteiger partial charge in [0.1, 0.15) is 5.82 Å². The largest absolute Gasteiger partial charge is 0.331 e. The van der Waals surface area contributed by atoms with Crippen LogP contribution in [0.3, 0.4) is 0 Å². The second-order valence-corrected chi connectivity index (χ2v) is 5.22. The first-order valence-electron chi connectivity index (χ1n) is 6.96. The highest BCUT2D eigenvalue weighted by molar-refractivity contribution is 5.61. The number of nitrogens with zero attached hydrogens (tertiary/aromatic N) is 2. The molecule has 0 spiro atoms. The van der Waals surface area contributed by atoms with Crippen LogP contribution >= 0.6 is 0 Å². The molecule has 0 fully saturated rings. The Labute approximate surface area is 115 Å². The predicted octanol–water partition coefficient (Wildman–Crippen LogP) is 3.38. The van der Waals surface area contributed by atoms with Crippen molar-refractivity contribution in [2.45, 2.75) is 46.8 Å². The lowest BCUT2D eigenvalue weighted by Crippen LogP contribution is -2.21. The van der Waals surface area contributed by atoms with E-state index in [2.05, 4.69) is 60.8 Å². The number of aryl methyl sites for hydroxylation is 2. The molecule has 102 valence electrons. The van der Waals surface area contributed by atoms with Gasteiger partial charge in [0.05, 0.1) is 0 Å². The summed E-state index contributed by atoms with van der Waals surface area (Å²) < 4.78 is 2.17. The van der Waals surface area contributed by atoms with Crippen molar-refractivity contribution in [1.29, 1.82) is 0 Å². The molecule has 1 heterocycles. The molecule has 1 N–H and O–H groups in total. The molecule has 2 aromatic rings. The summed E-state index contributed by atoms with van der Waals surface area (Å²) in [4.78, 5) is 4.47. The Morgan fingerprint density at radius 1 is 1.32 bits per heavy atom. The zero-order valence-corrected chi connectivity index (χ0v) is 12.3. The summed E-state index contributed by atoms with van der Waals surface area (Å²) in [6.07, 6.45) is 3.90. The number of benzene rings is 1. The zero-order valence-electron chi connectivity index (χ0n) is 12.3. The van der Waals surface area contributed by atoms with Gasteiger partial charge in [-0.1, -0.05) is 32.0 Å². The maximum atomic E-state index is 4.47. The molecular formula is C16H23N3. The molecule has 1 aromatic heterocycles. The third-order valence-corrected chi connectivity index (χ3v) is 3.30. The SMILES string of the molecule is CCn1ccnc1-c1ccc(CNC(C)C)cc1C. The fraction of sp³-hybridized carbons (Fsp3) is 0.438. The molecule has 0 unspecified atom stereocenters. The van der Waals surface area contributed by atoms with Gasteiger partial charge in [0.25, 0.3) is 0 Å². The van der Waals surface area contributed by atoms with Gasteiger partial charge < -0.3 is 9.88 Å². The standard InChI is InChI=1S/C16H23N3/c1-5-19-9-8-17-16(19)15-7-6-14(10-13(15)4)11-18-12(2)3/h6-10,12,18H,5,11H2,1-4H3. The Balaban J connectivity index is 2.24. The molecule has 0 saturated heterocycles. The minimum Gasteiger partial charge on any atom is -0.331 e. The average Bonchev–Trinajstić information content (AvgIpc) is 2.84. The number of aromatic nitrogens is 2. The third-order valence-electron chi connectivity index (χ3n) is 3.30. The van der Waals surface area contributed by atoms with Crippen LogP contribution in [0.25, 0.3) is 11.4 Å². The van der Waals surface area contributed by atoms with Crippen LogP contribution < -0.4 is 5.32 Å². The minimum atomic E-state index is 0.513. The van der Waals surface area contributed by atoms with Crippen molar-refractivity contribution in [2.24, 2.45) is 0 Å². The predicted molar refractivity (Wildman–Crippen MR) is 80.0 cm³/mol. The molecule has 19 heavy (non-hydrogen) atoms. The van der Waals surface area contributed by atoms with Gasteiger partial charge in [-0.25, -0.2) is 4.98 Å². The number of rotatable bonds is 5. The lowest BCUT2D eigenvalue weighted by molar-refractivity contribution is 0.588. The Hall–Kier alpha value is -1.61. The second-order valence-electron chi connectivity index (χ2n) is 5.22. The molecule has 3 nitrogen and oxygen atoms in total. The highest BCUT2D eigenvalue weighted by atomic mass is 15.1. The first-order valence-corrected chi connectivity index (χ1v) is 6.96. The van der Waals surface area contributed by atoms with Crippen molar-refractivity contribution < 1.29 is 0 Å². The molecule has 0 amide bonds. The number of nitrogens with one attached hydrogen (secondary N) is 1. The number of hydrogen-bond donors (Lipinski definition) is 1. The van der Waals surface area contributed by atoms with Crippen molar-refractivity contribution in [3.63, 3.8) is 0 Å². The topological polar surface area (TPSA) is 29.9 Å². The minimum absolute atomic E-state index is 0.513. The maximum absolute atomic E-state index is 4.47. The molecule has 0 radical (unpaired) electrons. The van der Waals surface area contributed by atoms with Gasteiger partial charge in [0, 0.05) is 37.1 Å². The number of imidazole rings is 1. The molecular weight excluding hydrogens is 234 g/mol. The zero-order chi connectivity index (χ0) is 13.8.